The largest absolute Gasteiger partial charge is 0.481 e. The van der Waals surface area contributed by atoms with Gasteiger partial charge < -0.3 is 10.1 Å². The van der Waals surface area contributed by atoms with Gasteiger partial charge in [0.1, 0.15) is 5.82 Å². The highest BCUT2D eigenvalue weighted by atomic mass is 79.9. The van der Waals surface area contributed by atoms with Crippen molar-refractivity contribution in [3.05, 3.63) is 97.5 Å². The molecule has 1 aliphatic rings. The summed E-state index contributed by atoms with van der Waals surface area (Å²) in [6, 6.07) is 18.3. The van der Waals surface area contributed by atoms with Crippen LogP contribution in [0.1, 0.15) is 55.0 Å². The average molecular weight is 608 g/mol. The maximum absolute atomic E-state index is 13.4. The van der Waals surface area contributed by atoms with Crippen LogP contribution in [0.25, 0.3) is 10.9 Å². The number of hydrogen-bond acceptors (Lipinski definition) is 5. The van der Waals surface area contributed by atoms with Crippen molar-refractivity contribution in [2.75, 3.05) is 11.9 Å². The number of hydrogen-bond donors (Lipinski definition) is 1. The number of carbonyl (C=O) groups excluding carboxylic acids is 1. The summed E-state index contributed by atoms with van der Waals surface area (Å²) in [5.74, 6) is 0.927. The Bertz CT molecular complexity index is 1570. The number of fused-ring (bicyclic) bond motifs is 1. The Hall–Kier alpha value is -3.49. The maximum atomic E-state index is 13.4. The number of benzene rings is 3. The van der Waals surface area contributed by atoms with Crippen LogP contribution in [0.4, 0.5) is 5.69 Å². The molecule has 3 aromatic carbocycles. The third kappa shape index (κ3) is 6.40. The van der Waals surface area contributed by atoms with Crippen LogP contribution in [-0.2, 0) is 4.79 Å². The lowest BCUT2D eigenvalue weighted by molar-refractivity contribution is -0.118. The van der Waals surface area contributed by atoms with Crippen LogP contribution in [0.5, 0.6) is 5.75 Å². The monoisotopic (exact) mass is 606 g/mol. The summed E-state index contributed by atoms with van der Waals surface area (Å²) in [7, 11) is 0. The van der Waals surface area contributed by atoms with E-state index in [1.165, 1.54) is 11.1 Å². The van der Waals surface area contributed by atoms with E-state index in [1.807, 2.05) is 49.4 Å². The molecule has 1 aromatic heterocycles. The van der Waals surface area contributed by atoms with Gasteiger partial charge >= 0.3 is 0 Å². The molecule has 7 nitrogen and oxygen atoms in total. The zero-order valence-corrected chi connectivity index (χ0v) is 23.8. The Morgan fingerprint density at radius 1 is 1.15 bits per heavy atom. The molecule has 39 heavy (non-hydrogen) atoms. The molecule has 0 spiro atoms. The maximum Gasteiger partial charge on any atom is 0.282 e. The lowest BCUT2D eigenvalue weighted by Gasteiger charge is -2.22. The molecule has 1 aliphatic carbocycles. The van der Waals surface area contributed by atoms with Crippen molar-refractivity contribution in [3.8, 4) is 5.75 Å². The quantitative estimate of drug-likeness (QED) is 0.228. The molecule has 1 N–H and O–H groups in total. The van der Waals surface area contributed by atoms with Crippen molar-refractivity contribution in [1.29, 1.82) is 0 Å². The Morgan fingerprint density at radius 3 is 2.64 bits per heavy atom. The molecule has 1 amide bonds. The second-order valence-corrected chi connectivity index (χ2v) is 11.0. The standard InChI is InChI=1S/C30H28BrClN4O3/c1-19-11-13-22(14-12-19)34-27(37)18-39-28-24(31)15-20(16-25(28)32)17-33-36-29(21-7-3-2-4-8-21)35-26-10-6-5-9-23(26)30(36)38/h5-6,9-17,21H,2-4,7-8,18H2,1H3,(H,34,37). The molecular weight excluding hydrogens is 580 g/mol. The van der Waals surface area contributed by atoms with E-state index in [9.17, 15) is 9.59 Å². The number of nitrogens with one attached hydrogen (secondary N) is 1. The molecule has 4 aromatic rings. The van der Waals surface area contributed by atoms with Crippen LogP contribution in [0, 0.1) is 6.92 Å². The molecule has 9 heteroatoms. The average Bonchev–Trinajstić information content (AvgIpc) is 2.94. The van der Waals surface area contributed by atoms with Gasteiger partial charge in [-0.2, -0.15) is 9.78 Å². The van der Waals surface area contributed by atoms with Gasteiger partial charge in [-0.15, -0.1) is 0 Å². The number of aromatic nitrogens is 2. The normalized spacial score (nSPS) is 14.1. The first-order valence-electron chi connectivity index (χ1n) is 12.9. The van der Waals surface area contributed by atoms with Crippen molar-refractivity contribution in [2.24, 2.45) is 5.10 Å². The fraction of sp³-hybridized carbons (Fsp3) is 0.267. The number of nitrogens with zero attached hydrogens (tertiary/aromatic N) is 3. The van der Waals surface area contributed by atoms with Gasteiger partial charge in [-0.1, -0.05) is 60.7 Å². The number of ether oxygens (including phenoxy) is 1. The Balaban J connectivity index is 1.37. The zero-order valence-electron chi connectivity index (χ0n) is 21.5. The first kappa shape index (κ1) is 27.1. The predicted octanol–water partition coefficient (Wildman–Crippen LogP) is 7.07. The number of amides is 1. The number of para-hydroxylation sites is 1. The molecule has 1 heterocycles. The third-order valence-corrected chi connectivity index (χ3v) is 7.64. The summed E-state index contributed by atoms with van der Waals surface area (Å²) in [5.41, 5.74) is 2.96. The molecule has 0 unspecified atom stereocenters. The van der Waals surface area contributed by atoms with Gasteiger partial charge in [-0.3, -0.25) is 9.59 Å². The van der Waals surface area contributed by atoms with Gasteiger partial charge in [0, 0.05) is 11.6 Å². The number of aryl methyl sites for hydroxylation is 1. The van der Waals surface area contributed by atoms with Gasteiger partial charge in [-0.05, 0) is 77.7 Å². The summed E-state index contributed by atoms with van der Waals surface area (Å²) in [6.07, 6.45) is 7.00. The number of rotatable bonds is 7. The molecule has 1 saturated carbocycles. The minimum atomic E-state index is -0.300. The molecule has 0 atom stereocenters. The topological polar surface area (TPSA) is 85.6 Å². The molecule has 200 valence electrons. The summed E-state index contributed by atoms with van der Waals surface area (Å²) in [6.45, 7) is 1.78. The fourth-order valence-electron chi connectivity index (χ4n) is 4.77. The van der Waals surface area contributed by atoms with Crippen molar-refractivity contribution in [1.82, 2.24) is 9.66 Å². The molecule has 0 radical (unpaired) electrons. The molecular formula is C30H28BrClN4O3. The Morgan fingerprint density at radius 2 is 1.90 bits per heavy atom. The summed E-state index contributed by atoms with van der Waals surface area (Å²) in [4.78, 5) is 30.6. The minimum Gasteiger partial charge on any atom is -0.481 e. The van der Waals surface area contributed by atoms with Crippen molar-refractivity contribution >= 4 is 56.2 Å². The summed E-state index contributed by atoms with van der Waals surface area (Å²) >= 11 is 10.0. The van der Waals surface area contributed by atoms with E-state index in [0.717, 1.165) is 31.2 Å². The van der Waals surface area contributed by atoms with Crippen LogP contribution >= 0.6 is 27.5 Å². The van der Waals surface area contributed by atoms with Crippen LogP contribution in [0.3, 0.4) is 0 Å². The lowest BCUT2D eigenvalue weighted by atomic mass is 9.88. The van der Waals surface area contributed by atoms with E-state index in [4.69, 9.17) is 21.3 Å². The SMILES string of the molecule is Cc1ccc(NC(=O)COc2c(Cl)cc(C=Nn3c(C4CCCCC4)nc4ccccc4c3=O)cc2Br)cc1. The van der Waals surface area contributed by atoms with Crippen LogP contribution in [0.15, 0.2) is 75.0 Å². The highest BCUT2D eigenvalue weighted by Gasteiger charge is 2.22. The Kier molecular flexibility index (Phi) is 8.43. The first-order valence-corrected chi connectivity index (χ1v) is 14.1. The van der Waals surface area contributed by atoms with E-state index in [0.29, 0.717) is 43.2 Å². The van der Waals surface area contributed by atoms with Gasteiger partial charge in [0.25, 0.3) is 11.5 Å². The Labute approximate surface area is 240 Å². The second kappa shape index (κ2) is 12.1. The third-order valence-electron chi connectivity index (χ3n) is 6.77. The molecule has 0 aliphatic heterocycles. The van der Waals surface area contributed by atoms with Gasteiger partial charge in [0.15, 0.2) is 12.4 Å². The molecule has 0 saturated heterocycles. The van der Waals surface area contributed by atoms with Crippen LogP contribution < -0.4 is 15.6 Å². The first-order chi connectivity index (χ1) is 18.9. The fourth-order valence-corrected chi connectivity index (χ4v) is 5.75. The van der Waals surface area contributed by atoms with Gasteiger partial charge in [0.2, 0.25) is 0 Å². The van der Waals surface area contributed by atoms with E-state index in [1.54, 1.807) is 24.4 Å². The van der Waals surface area contributed by atoms with Crippen molar-refractivity contribution < 1.29 is 9.53 Å². The highest BCUT2D eigenvalue weighted by molar-refractivity contribution is 9.10. The van der Waals surface area contributed by atoms with E-state index >= 15 is 0 Å². The van der Waals surface area contributed by atoms with Crippen molar-refractivity contribution in [2.45, 2.75) is 44.9 Å². The van der Waals surface area contributed by atoms with E-state index in [2.05, 4.69) is 26.3 Å². The van der Waals surface area contributed by atoms with E-state index < -0.39 is 0 Å². The number of anilines is 1. The van der Waals surface area contributed by atoms with Gasteiger partial charge in [0.05, 0.1) is 26.6 Å². The molecule has 0 bridgehead atoms. The predicted molar refractivity (Wildman–Crippen MR) is 159 cm³/mol. The summed E-state index contributed by atoms with van der Waals surface area (Å²) < 4.78 is 7.70. The van der Waals surface area contributed by atoms with Crippen molar-refractivity contribution in [3.63, 3.8) is 0 Å². The lowest BCUT2D eigenvalue weighted by Crippen LogP contribution is -2.25. The summed E-state index contributed by atoms with van der Waals surface area (Å²) in [5, 5.41) is 8.21. The smallest absolute Gasteiger partial charge is 0.282 e. The zero-order chi connectivity index (χ0) is 27.4. The second-order valence-electron chi connectivity index (χ2n) is 9.70. The number of halogens is 2. The van der Waals surface area contributed by atoms with E-state index in [-0.39, 0.29) is 24.0 Å². The number of carbonyl (C=O) groups is 1. The molecule has 1 fully saturated rings. The van der Waals surface area contributed by atoms with Crippen LogP contribution in [0.2, 0.25) is 5.02 Å². The van der Waals surface area contributed by atoms with Crippen LogP contribution in [-0.4, -0.2) is 28.4 Å². The van der Waals surface area contributed by atoms with Gasteiger partial charge in [-0.25, -0.2) is 4.98 Å². The molecule has 5 rings (SSSR count). The highest BCUT2D eigenvalue weighted by Crippen LogP contribution is 2.35. The minimum absolute atomic E-state index is 0.186.